The van der Waals surface area contributed by atoms with E-state index in [1.165, 1.54) is 3.57 Å². The van der Waals surface area contributed by atoms with Gasteiger partial charge in [0.2, 0.25) is 0 Å². The van der Waals surface area contributed by atoms with E-state index in [1.807, 2.05) is 18.2 Å². The molecule has 1 aromatic heterocycles. The Bertz CT molecular complexity index is 442. The van der Waals surface area contributed by atoms with Crippen molar-refractivity contribution in [1.82, 2.24) is 4.98 Å². The third kappa shape index (κ3) is 1.59. The number of hydrogen-bond donors (Lipinski definition) is 2. The van der Waals surface area contributed by atoms with Gasteiger partial charge in [0.05, 0.1) is 11.2 Å². The number of nitrogens with two attached hydrogens (primary N) is 1. The van der Waals surface area contributed by atoms with Gasteiger partial charge in [-0.15, -0.1) is 0 Å². The van der Waals surface area contributed by atoms with Gasteiger partial charge in [-0.25, -0.2) is 0 Å². The summed E-state index contributed by atoms with van der Waals surface area (Å²) in [7, 11) is 0. The van der Waals surface area contributed by atoms with E-state index in [2.05, 4.69) is 39.1 Å². The molecule has 0 bridgehead atoms. The van der Waals surface area contributed by atoms with E-state index in [-0.39, 0.29) is 0 Å². The molecule has 0 aliphatic heterocycles. The smallest absolute Gasteiger partial charge is 0.0723 e. The molecule has 0 aliphatic carbocycles. The van der Waals surface area contributed by atoms with E-state index in [9.17, 15) is 0 Å². The molecular weight excluding hydrogens is 277 g/mol. The minimum atomic E-state index is 0.906. The van der Waals surface area contributed by atoms with Crippen LogP contribution in [-0.4, -0.2) is 4.98 Å². The summed E-state index contributed by atoms with van der Waals surface area (Å²) in [4.78, 5) is 4.23. The predicted molar refractivity (Wildman–Crippen MR) is 62.3 cm³/mol. The molecule has 0 saturated carbocycles. The minimum Gasteiger partial charge on any atom is -0.323 e. The molecule has 2 rings (SSSR count). The Kier molecular flexibility index (Phi) is 2.32. The minimum absolute atomic E-state index is 0.906. The molecule has 0 unspecified atom stereocenters. The second kappa shape index (κ2) is 3.47. The Morgan fingerprint density at radius 3 is 2.92 bits per heavy atom. The second-order valence-corrected chi connectivity index (χ2v) is 3.91. The van der Waals surface area contributed by atoms with Gasteiger partial charge in [-0.05, 0) is 46.9 Å². The maximum absolute atomic E-state index is 5.39. The lowest BCUT2D eigenvalue weighted by Crippen LogP contribution is -2.07. The summed E-state index contributed by atoms with van der Waals surface area (Å²) in [6, 6.07) is 7.92. The number of hydrazine groups is 1. The first-order valence-electron chi connectivity index (χ1n) is 3.82. The number of nitrogens with one attached hydrogen (secondary N) is 1. The van der Waals surface area contributed by atoms with Gasteiger partial charge in [-0.2, -0.15) is 0 Å². The molecule has 0 fully saturated rings. The van der Waals surface area contributed by atoms with Gasteiger partial charge >= 0.3 is 0 Å². The first-order valence-corrected chi connectivity index (χ1v) is 4.90. The number of hydrogen-bond acceptors (Lipinski definition) is 3. The molecule has 3 N–H and O–H groups in total. The molecule has 0 spiro atoms. The lowest BCUT2D eigenvalue weighted by atomic mass is 10.2. The highest BCUT2D eigenvalue weighted by molar-refractivity contribution is 14.1. The van der Waals surface area contributed by atoms with Crippen molar-refractivity contribution in [2.24, 2.45) is 5.84 Å². The summed E-state index contributed by atoms with van der Waals surface area (Å²) in [6.45, 7) is 0. The number of aromatic nitrogens is 1. The topological polar surface area (TPSA) is 50.9 Å². The molecule has 3 nitrogen and oxygen atoms in total. The van der Waals surface area contributed by atoms with Crippen LogP contribution < -0.4 is 11.3 Å². The number of nitrogen functional groups attached to an aromatic ring is 1. The van der Waals surface area contributed by atoms with E-state index in [0.717, 1.165) is 16.6 Å². The zero-order valence-electron chi connectivity index (χ0n) is 6.79. The molecule has 1 aromatic carbocycles. The van der Waals surface area contributed by atoms with E-state index < -0.39 is 0 Å². The Labute approximate surface area is 89.5 Å². The highest BCUT2D eigenvalue weighted by Crippen LogP contribution is 2.22. The zero-order valence-corrected chi connectivity index (χ0v) is 8.95. The van der Waals surface area contributed by atoms with Crippen LogP contribution in [0, 0.1) is 3.57 Å². The molecule has 0 atom stereocenters. The molecule has 1 heterocycles. The van der Waals surface area contributed by atoms with Crippen molar-refractivity contribution in [2.45, 2.75) is 0 Å². The molecule has 4 heteroatoms. The Morgan fingerprint density at radius 2 is 2.15 bits per heavy atom. The quantitative estimate of drug-likeness (QED) is 0.479. The lowest BCUT2D eigenvalue weighted by Gasteiger charge is -2.04. The monoisotopic (exact) mass is 285 g/mol. The van der Waals surface area contributed by atoms with Crippen LogP contribution in [0.1, 0.15) is 0 Å². The molecule has 13 heavy (non-hydrogen) atoms. The third-order valence-corrected chi connectivity index (χ3v) is 2.53. The summed E-state index contributed by atoms with van der Waals surface area (Å²) in [5.74, 6) is 5.39. The van der Waals surface area contributed by atoms with E-state index >= 15 is 0 Å². The van der Waals surface area contributed by atoms with Crippen LogP contribution >= 0.6 is 22.6 Å². The van der Waals surface area contributed by atoms with Crippen LogP contribution in [0.5, 0.6) is 0 Å². The summed E-state index contributed by atoms with van der Waals surface area (Å²) in [6.07, 6.45) is 1.74. The number of nitrogens with zero attached hydrogens (tertiary/aromatic N) is 1. The Morgan fingerprint density at radius 1 is 1.31 bits per heavy atom. The summed E-state index contributed by atoms with van der Waals surface area (Å²) in [5, 5.41) is 1.05. The van der Waals surface area contributed by atoms with Gasteiger partial charge in [0.15, 0.2) is 0 Å². The lowest BCUT2D eigenvalue weighted by molar-refractivity contribution is 1.33. The number of pyridine rings is 1. The Balaban J connectivity index is 2.79. The maximum atomic E-state index is 5.39. The summed E-state index contributed by atoms with van der Waals surface area (Å²) >= 11 is 2.26. The van der Waals surface area contributed by atoms with E-state index in [4.69, 9.17) is 5.84 Å². The van der Waals surface area contributed by atoms with Crippen molar-refractivity contribution in [1.29, 1.82) is 0 Å². The van der Waals surface area contributed by atoms with E-state index in [1.54, 1.807) is 6.20 Å². The molecule has 0 amide bonds. The standard InChI is InChI=1S/C9H8IN3/c10-6-1-2-8-7(5-6)9(13-11)3-4-12-8/h1-5H,11H2,(H,12,13). The SMILES string of the molecule is NNc1ccnc2ccc(I)cc12. The van der Waals surface area contributed by atoms with Crippen molar-refractivity contribution in [3.05, 3.63) is 34.0 Å². The molecule has 0 aliphatic rings. The summed E-state index contributed by atoms with van der Waals surface area (Å²) in [5.41, 5.74) is 4.51. The first-order chi connectivity index (χ1) is 6.31. The molecule has 0 radical (unpaired) electrons. The van der Waals surface area contributed by atoms with Gasteiger partial charge < -0.3 is 5.43 Å². The maximum Gasteiger partial charge on any atom is 0.0723 e. The van der Waals surface area contributed by atoms with Crippen LogP contribution in [0.4, 0.5) is 5.69 Å². The Hall–Kier alpha value is -0.880. The number of anilines is 1. The average Bonchev–Trinajstić information content (AvgIpc) is 2.17. The van der Waals surface area contributed by atoms with Crippen LogP contribution in [0.25, 0.3) is 10.9 Å². The van der Waals surface area contributed by atoms with Crippen molar-refractivity contribution in [3.8, 4) is 0 Å². The average molecular weight is 285 g/mol. The van der Waals surface area contributed by atoms with Crippen molar-refractivity contribution in [2.75, 3.05) is 5.43 Å². The van der Waals surface area contributed by atoms with Crippen LogP contribution in [0.15, 0.2) is 30.5 Å². The largest absolute Gasteiger partial charge is 0.323 e. The second-order valence-electron chi connectivity index (χ2n) is 2.66. The molecule has 66 valence electrons. The van der Waals surface area contributed by atoms with Crippen molar-refractivity contribution in [3.63, 3.8) is 0 Å². The predicted octanol–water partition coefficient (Wildman–Crippen LogP) is 2.12. The third-order valence-electron chi connectivity index (χ3n) is 1.86. The van der Waals surface area contributed by atoms with Crippen LogP contribution in [-0.2, 0) is 0 Å². The fourth-order valence-corrected chi connectivity index (χ4v) is 1.74. The number of halogens is 1. The first kappa shape index (κ1) is 8.71. The van der Waals surface area contributed by atoms with Gasteiger partial charge in [0.1, 0.15) is 0 Å². The van der Waals surface area contributed by atoms with Gasteiger partial charge in [-0.3, -0.25) is 10.8 Å². The van der Waals surface area contributed by atoms with Gasteiger partial charge in [-0.1, -0.05) is 0 Å². The fourth-order valence-electron chi connectivity index (χ4n) is 1.24. The molecule has 2 aromatic rings. The normalized spacial score (nSPS) is 10.3. The van der Waals surface area contributed by atoms with Gasteiger partial charge in [0.25, 0.3) is 0 Å². The number of fused-ring (bicyclic) bond motifs is 1. The van der Waals surface area contributed by atoms with Gasteiger partial charge in [0, 0.05) is 15.2 Å². The highest BCUT2D eigenvalue weighted by Gasteiger charge is 1.99. The van der Waals surface area contributed by atoms with Crippen molar-refractivity contribution >= 4 is 39.2 Å². The highest BCUT2D eigenvalue weighted by atomic mass is 127. The van der Waals surface area contributed by atoms with Crippen LogP contribution in [0.3, 0.4) is 0 Å². The summed E-state index contributed by atoms with van der Waals surface area (Å²) < 4.78 is 1.18. The zero-order chi connectivity index (χ0) is 9.26. The number of benzene rings is 1. The molecule has 0 saturated heterocycles. The number of rotatable bonds is 1. The van der Waals surface area contributed by atoms with E-state index in [0.29, 0.717) is 0 Å². The van der Waals surface area contributed by atoms with Crippen molar-refractivity contribution < 1.29 is 0 Å². The fraction of sp³-hybridized carbons (Fsp3) is 0. The van der Waals surface area contributed by atoms with Crippen LogP contribution in [0.2, 0.25) is 0 Å². The molecular formula is C9H8IN3.